The highest BCUT2D eigenvalue weighted by atomic mass is 32.2. The molecule has 3 rings (SSSR count). The van der Waals surface area contributed by atoms with Crippen molar-refractivity contribution in [1.29, 1.82) is 0 Å². The number of hydrogen-bond donors (Lipinski definition) is 1. The number of nitrogens with one attached hydrogen (secondary N) is 1. The molecule has 0 aliphatic heterocycles. The van der Waals surface area contributed by atoms with Crippen LogP contribution in [0.15, 0.2) is 77.7 Å². The van der Waals surface area contributed by atoms with Gasteiger partial charge in [-0.25, -0.2) is 4.39 Å². The third-order valence-electron chi connectivity index (χ3n) is 4.52. The minimum absolute atomic E-state index is 0.147. The van der Waals surface area contributed by atoms with E-state index in [-0.39, 0.29) is 29.9 Å². The van der Waals surface area contributed by atoms with Crippen LogP contribution in [0.25, 0.3) is 0 Å². The zero-order valence-electron chi connectivity index (χ0n) is 16.9. The SMILES string of the molecule is Cc1ccc(NC(=O)CSc2ccccc2C(=O)N(C)Cc2ccccc2F)cc1. The maximum atomic E-state index is 13.9. The van der Waals surface area contributed by atoms with E-state index in [0.29, 0.717) is 16.0 Å². The van der Waals surface area contributed by atoms with Crippen LogP contribution < -0.4 is 5.32 Å². The molecule has 30 heavy (non-hydrogen) atoms. The van der Waals surface area contributed by atoms with E-state index >= 15 is 0 Å². The molecule has 0 saturated carbocycles. The van der Waals surface area contributed by atoms with Crippen molar-refractivity contribution in [3.8, 4) is 0 Å². The van der Waals surface area contributed by atoms with Gasteiger partial charge in [-0.2, -0.15) is 0 Å². The molecule has 2 amide bonds. The monoisotopic (exact) mass is 422 g/mol. The number of aryl methyl sites for hydroxylation is 1. The maximum absolute atomic E-state index is 13.9. The molecule has 4 nitrogen and oxygen atoms in total. The number of benzene rings is 3. The van der Waals surface area contributed by atoms with E-state index in [1.807, 2.05) is 43.3 Å². The van der Waals surface area contributed by atoms with Gasteiger partial charge in [-0.1, -0.05) is 48.0 Å². The molecule has 0 aromatic heterocycles. The number of hydrogen-bond acceptors (Lipinski definition) is 3. The summed E-state index contributed by atoms with van der Waals surface area (Å²) in [7, 11) is 1.64. The molecule has 0 bridgehead atoms. The summed E-state index contributed by atoms with van der Waals surface area (Å²) in [4.78, 5) is 27.4. The lowest BCUT2D eigenvalue weighted by Gasteiger charge is -2.19. The molecule has 0 radical (unpaired) electrons. The lowest BCUT2D eigenvalue weighted by atomic mass is 10.1. The molecule has 3 aromatic carbocycles. The van der Waals surface area contributed by atoms with Gasteiger partial charge in [0.05, 0.1) is 11.3 Å². The second-order valence-electron chi connectivity index (χ2n) is 6.95. The molecule has 0 atom stereocenters. The standard InChI is InChI=1S/C24H23FN2O2S/c1-17-11-13-19(14-12-17)26-23(28)16-30-22-10-6-4-8-20(22)24(29)27(2)15-18-7-3-5-9-21(18)25/h3-14H,15-16H2,1-2H3,(H,26,28). The van der Waals surface area contributed by atoms with Crippen LogP contribution in [0.4, 0.5) is 10.1 Å². The Hall–Kier alpha value is -3.12. The fourth-order valence-electron chi connectivity index (χ4n) is 2.91. The topological polar surface area (TPSA) is 49.4 Å². The summed E-state index contributed by atoms with van der Waals surface area (Å²) in [6, 6.07) is 21.1. The molecule has 0 heterocycles. The predicted molar refractivity (Wildman–Crippen MR) is 119 cm³/mol. The first kappa shape index (κ1) is 21.6. The number of carbonyl (C=O) groups excluding carboxylic acids is 2. The summed E-state index contributed by atoms with van der Waals surface area (Å²) in [5, 5.41) is 2.85. The lowest BCUT2D eigenvalue weighted by molar-refractivity contribution is -0.113. The summed E-state index contributed by atoms with van der Waals surface area (Å²) in [6.07, 6.45) is 0. The number of halogens is 1. The Morgan fingerprint density at radius 2 is 1.63 bits per heavy atom. The Kier molecular flexibility index (Phi) is 7.25. The molecule has 0 unspecified atom stereocenters. The molecule has 0 spiro atoms. The molecule has 6 heteroatoms. The Balaban J connectivity index is 1.64. The van der Waals surface area contributed by atoms with Gasteiger partial charge in [-0.3, -0.25) is 9.59 Å². The van der Waals surface area contributed by atoms with Gasteiger partial charge in [0.2, 0.25) is 5.91 Å². The first-order chi connectivity index (χ1) is 14.4. The first-order valence-electron chi connectivity index (χ1n) is 9.51. The smallest absolute Gasteiger partial charge is 0.255 e. The van der Waals surface area contributed by atoms with Crippen molar-refractivity contribution in [2.45, 2.75) is 18.4 Å². The quantitative estimate of drug-likeness (QED) is 0.537. The van der Waals surface area contributed by atoms with Crippen LogP contribution in [-0.2, 0) is 11.3 Å². The summed E-state index contributed by atoms with van der Waals surface area (Å²) in [5.74, 6) is -0.534. The van der Waals surface area contributed by atoms with E-state index in [9.17, 15) is 14.0 Å². The number of anilines is 1. The second kappa shape index (κ2) is 10.1. The second-order valence-corrected chi connectivity index (χ2v) is 7.97. The highest BCUT2D eigenvalue weighted by Gasteiger charge is 2.18. The van der Waals surface area contributed by atoms with Crippen LogP contribution >= 0.6 is 11.8 Å². The summed E-state index contributed by atoms with van der Waals surface area (Å²) in [6.45, 7) is 2.15. The molecular formula is C24H23FN2O2S. The zero-order chi connectivity index (χ0) is 21.5. The number of thioether (sulfide) groups is 1. The van der Waals surface area contributed by atoms with Gasteiger partial charge in [-0.15, -0.1) is 11.8 Å². The van der Waals surface area contributed by atoms with Crippen LogP contribution in [0, 0.1) is 12.7 Å². The molecule has 3 aromatic rings. The minimum atomic E-state index is -0.340. The molecule has 0 saturated heterocycles. The minimum Gasteiger partial charge on any atom is -0.337 e. The van der Waals surface area contributed by atoms with Crippen LogP contribution in [0.3, 0.4) is 0 Å². The average Bonchev–Trinajstić information content (AvgIpc) is 2.75. The third kappa shape index (κ3) is 5.70. The number of rotatable bonds is 7. The van der Waals surface area contributed by atoms with Gasteiger partial charge in [0.25, 0.3) is 5.91 Å². The van der Waals surface area contributed by atoms with Crippen molar-refractivity contribution in [2.24, 2.45) is 0 Å². The number of amides is 2. The van der Waals surface area contributed by atoms with Gasteiger partial charge in [0.1, 0.15) is 5.82 Å². The van der Waals surface area contributed by atoms with Crippen LogP contribution in [0.2, 0.25) is 0 Å². The van der Waals surface area contributed by atoms with E-state index in [2.05, 4.69) is 5.32 Å². The number of nitrogens with zero attached hydrogens (tertiary/aromatic N) is 1. The van der Waals surface area contributed by atoms with Crippen molar-refractivity contribution < 1.29 is 14.0 Å². The fourth-order valence-corrected chi connectivity index (χ4v) is 3.75. The van der Waals surface area contributed by atoms with Crippen LogP contribution in [0.5, 0.6) is 0 Å². The highest BCUT2D eigenvalue weighted by molar-refractivity contribution is 8.00. The molecular weight excluding hydrogens is 399 g/mol. The van der Waals surface area contributed by atoms with Crippen molar-refractivity contribution in [1.82, 2.24) is 4.90 Å². The maximum Gasteiger partial charge on any atom is 0.255 e. The first-order valence-corrected chi connectivity index (χ1v) is 10.5. The van der Waals surface area contributed by atoms with E-state index in [1.165, 1.54) is 22.7 Å². The van der Waals surface area contributed by atoms with E-state index in [0.717, 1.165) is 11.3 Å². The van der Waals surface area contributed by atoms with Crippen molar-refractivity contribution in [2.75, 3.05) is 18.1 Å². The van der Waals surface area contributed by atoms with Gasteiger partial charge in [-0.05, 0) is 37.3 Å². The van der Waals surface area contributed by atoms with Gasteiger partial charge < -0.3 is 10.2 Å². The van der Waals surface area contributed by atoms with Crippen LogP contribution in [0.1, 0.15) is 21.5 Å². The number of carbonyl (C=O) groups is 2. The summed E-state index contributed by atoms with van der Waals surface area (Å²) < 4.78 is 13.9. The van der Waals surface area contributed by atoms with E-state index in [4.69, 9.17) is 0 Å². The summed E-state index contributed by atoms with van der Waals surface area (Å²) in [5.41, 5.74) is 2.80. The normalized spacial score (nSPS) is 10.5. The van der Waals surface area contributed by atoms with E-state index < -0.39 is 0 Å². The largest absolute Gasteiger partial charge is 0.337 e. The summed E-state index contributed by atoms with van der Waals surface area (Å²) >= 11 is 1.30. The Morgan fingerprint density at radius 3 is 2.37 bits per heavy atom. The lowest BCUT2D eigenvalue weighted by Crippen LogP contribution is -2.27. The van der Waals surface area contributed by atoms with Crippen LogP contribution in [-0.4, -0.2) is 29.5 Å². The third-order valence-corrected chi connectivity index (χ3v) is 5.60. The van der Waals surface area contributed by atoms with Crippen molar-refractivity contribution in [3.05, 3.63) is 95.3 Å². The van der Waals surface area contributed by atoms with Gasteiger partial charge in [0, 0.05) is 29.7 Å². The molecule has 0 aliphatic carbocycles. The Morgan fingerprint density at radius 1 is 0.967 bits per heavy atom. The Labute approximate surface area is 180 Å². The zero-order valence-corrected chi connectivity index (χ0v) is 17.7. The highest BCUT2D eigenvalue weighted by Crippen LogP contribution is 2.24. The van der Waals surface area contributed by atoms with Crippen molar-refractivity contribution in [3.63, 3.8) is 0 Å². The molecule has 1 N–H and O–H groups in total. The molecule has 0 fully saturated rings. The average molecular weight is 423 g/mol. The van der Waals surface area contributed by atoms with Gasteiger partial charge in [0.15, 0.2) is 0 Å². The van der Waals surface area contributed by atoms with Gasteiger partial charge >= 0.3 is 0 Å². The van der Waals surface area contributed by atoms with Crippen molar-refractivity contribution >= 4 is 29.3 Å². The molecule has 0 aliphatic rings. The predicted octanol–water partition coefficient (Wildman–Crippen LogP) is 5.14. The Bertz CT molecular complexity index is 1040. The van der Waals surface area contributed by atoms with E-state index in [1.54, 1.807) is 37.4 Å². The fraction of sp³-hybridized carbons (Fsp3) is 0.167. The molecule has 154 valence electrons.